The highest BCUT2D eigenvalue weighted by Crippen LogP contribution is 2.27. The zero-order valence-corrected chi connectivity index (χ0v) is 10.1. The molecule has 1 aromatic heterocycles. The number of nitrogens with zero attached hydrogens (tertiary/aromatic N) is 3. The minimum absolute atomic E-state index is 0.703. The van der Waals surface area contributed by atoms with Crippen LogP contribution in [0.5, 0.6) is 0 Å². The van der Waals surface area contributed by atoms with Crippen LogP contribution in [-0.2, 0) is 6.54 Å². The van der Waals surface area contributed by atoms with E-state index in [1.54, 1.807) is 0 Å². The summed E-state index contributed by atoms with van der Waals surface area (Å²) in [6.45, 7) is 7.27. The van der Waals surface area contributed by atoms with Crippen LogP contribution in [0.3, 0.4) is 0 Å². The Kier molecular flexibility index (Phi) is 3.96. The van der Waals surface area contributed by atoms with Crippen LogP contribution in [0.2, 0.25) is 0 Å². The smallest absolute Gasteiger partial charge is 0.0524 e. The lowest BCUT2D eigenvalue weighted by molar-refractivity contribution is 0.217. The molecular formula is C12H22N4. The Hall–Kier alpha value is -0.870. The van der Waals surface area contributed by atoms with Crippen molar-refractivity contribution in [2.24, 2.45) is 5.73 Å². The number of aryl methyl sites for hydroxylation is 1. The Morgan fingerprint density at radius 1 is 1.44 bits per heavy atom. The van der Waals surface area contributed by atoms with Crippen LogP contribution < -0.4 is 5.73 Å². The Morgan fingerprint density at radius 2 is 2.19 bits per heavy atom. The minimum Gasteiger partial charge on any atom is -0.329 e. The van der Waals surface area contributed by atoms with Crippen LogP contribution in [0.25, 0.3) is 0 Å². The van der Waals surface area contributed by atoms with Gasteiger partial charge in [-0.15, -0.1) is 0 Å². The van der Waals surface area contributed by atoms with Crippen molar-refractivity contribution in [1.29, 1.82) is 0 Å². The molecular weight excluding hydrogens is 200 g/mol. The van der Waals surface area contributed by atoms with Gasteiger partial charge in [-0.25, -0.2) is 0 Å². The van der Waals surface area contributed by atoms with Gasteiger partial charge >= 0.3 is 0 Å². The third-order valence-corrected chi connectivity index (χ3v) is 3.48. The van der Waals surface area contributed by atoms with Crippen LogP contribution in [0.15, 0.2) is 12.4 Å². The Bertz CT molecular complexity index is 313. The molecule has 1 aliphatic rings. The SMILES string of the molecule is CCn1cc(C2CCN(CCN)CC2)cn1. The van der Waals surface area contributed by atoms with Gasteiger partial charge < -0.3 is 10.6 Å². The molecule has 1 saturated heterocycles. The first kappa shape index (κ1) is 11.6. The monoisotopic (exact) mass is 222 g/mol. The van der Waals surface area contributed by atoms with Gasteiger partial charge in [-0.3, -0.25) is 4.68 Å². The highest BCUT2D eigenvalue weighted by molar-refractivity contribution is 5.12. The minimum atomic E-state index is 0.703. The summed E-state index contributed by atoms with van der Waals surface area (Å²) in [4.78, 5) is 2.46. The van der Waals surface area contributed by atoms with Gasteiger partial charge in [-0.05, 0) is 44.3 Å². The van der Waals surface area contributed by atoms with Gasteiger partial charge in [0, 0.05) is 25.8 Å². The molecule has 0 amide bonds. The molecule has 4 heteroatoms. The summed E-state index contributed by atoms with van der Waals surface area (Å²) in [5, 5.41) is 4.35. The normalized spacial score (nSPS) is 19.1. The van der Waals surface area contributed by atoms with Crippen molar-refractivity contribution in [1.82, 2.24) is 14.7 Å². The summed E-state index contributed by atoms with van der Waals surface area (Å²) in [5.74, 6) is 0.703. The van der Waals surface area contributed by atoms with Gasteiger partial charge in [0.25, 0.3) is 0 Å². The molecule has 4 nitrogen and oxygen atoms in total. The fourth-order valence-corrected chi connectivity index (χ4v) is 2.44. The van der Waals surface area contributed by atoms with Gasteiger partial charge in [-0.2, -0.15) is 5.10 Å². The summed E-state index contributed by atoms with van der Waals surface area (Å²) in [5.41, 5.74) is 6.98. The average Bonchev–Trinajstić information content (AvgIpc) is 2.79. The standard InChI is InChI=1S/C12H22N4/c1-2-16-10-12(9-14-16)11-3-6-15(7-4-11)8-5-13/h9-11H,2-8,13H2,1H3. The van der Waals surface area contributed by atoms with Crippen molar-refractivity contribution >= 4 is 0 Å². The molecule has 16 heavy (non-hydrogen) atoms. The Labute approximate surface area is 97.4 Å². The Morgan fingerprint density at radius 3 is 2.75 bits per heavy atom. The van der Waals surface area contributed by atoms with E-state index >= 15 is 0 Å². The van der Waals surface area contributed by atoms with Gasteiger partial charge in [-0.1, -0.05) is 0 Å². The van der Waals surface area contributed by atoms with Gasteiger partial charge in [0.15, 0.2) is 0 Å². The third kappa shape index (κ3) is 2.62. The number of rotatable bonds is 4. The molecule has 0 unspecified atom stereocenters. The van der Waals surface area contributed by atoms with E-state index in [0.29, 0.717) is 5.92 Å². The van der Waals surface area contributed by atoms with Crippen LogP contribution in [0.1, 0.15) is 31.2 Å². The fraction of sp³-hybridized carbons (Fsp3) is 0.750. The lowest BCUT2D eigenvalue weighted by Crippen LogP contribution is -2.36. The van der Waals surface area contributed by atoms with E-state index in [-0.39, 0.29) is 0 Å². The molecule has 1 aliphatic heterocycles. The molecule has 0 aliphatic carbocycles. The van der Waals surface area contributed by atoms with Crippen molar-refractivity contribution in [3.63, 3.8) is 0 Å². The van der Waals surface area contributed by atoms with E-state index in [1.807, 2.05) is 10.9 Å². The maximum atomic E-state index is 5.57. The average molecular weight is 222 g/mol. The highest BCUT2D eigenvalue weighted by atomic mass is 15.3. The number of piperidine rings is 1. The molecule has 0 bridgehead atoms. The fourth-order valence-electron chi connectivity index (χ4n) is 2.44. The number of hydrogen-bond acceptors (Lipinski definition) is 3. The summed E-state index contributed by atoms with van der Waals surface area (Å²) >= 11 is 0. The van der Waals surface area contributed by atoms with E-state index < -0.39 is 0 Å². The van der Waals surface area contributed by atoms with Crippen molar-refractivity contribution in [3.05, 3.63) is 18.0 Å². The van der Waals surface area contributed by atoms with Crippen LogP contribution in [0, 0.1) is 0 Å². The van der Waals surface area contributed by atoms with E-state index in [2.05, 4.69) is 23.1 Å². The number of likely N-dealkylation sites (tertiary alicyclic amines) is 1. The second-order valence-corrected chi connectivity index (χ2v) is 4.53. The lowest BCUT2D eigenvalue weighted by Gasteiger charge is -2.31. The predicted octanol–water partition coefficient (Wildman–Crippen LogP) is 1.04. The van der Waals surface area contributed by atoms with Crippen LogP contribution in [-0.4, -0.2) is 40.9 Å². The summed E-state index contributed by atoms with van der Waals surface area (Å²) in [6.07, 6.45) is 6.72. The summed E-state index contributed by atoms with van der Waals surface area (Å²) in [7, 11) is 0. The molecule has 2 rings (SSSR count). The number of hydrogen-bond donors (Lipinski definition) is 1. The van der Waals surface area contributed by atoms with Crippen molar-refractivity contribution in [2.45, 2.75) is 32.2 Å². The number of aromatic nitrogens is 2. The first-order chi connectivity index (χ1) is 7.83. The zero-order chi connectivity index (χ0) is 11.4. The zero-order valence-electron chi connectivity index (χ0n) is 10.1. The first-order valence-electron chi connectivity index (χ1n) is 6.28. The maximum Gasteiger partial charge on any atom is 0.0524 e. The molecule has 0 atom stereocenters. The van der Waals surface area contributed by atoms with Crippen molar-refractivity contribution in [2.75, 3.05) is 26.2 Å². The summed E-state index contributed by atoms with van der Waals surface area (Å²) in [6, 6.07) is 0. The molecule has 0 saturated carbocycles. The second kappa shape index (κ2) is 5.46. The van der Waals surface area contributed by atoms with Crippen LogP contribution in [0.4, 0.5) is 0 Å². The lowest BCUT2D eigenvalue weighted by atomic mass is 9.91. The van der Waals surface area contributed by atoms with Gasteiger partial charge in [0.05, 0.1) is 6.20 Å². The third-order valence-electron chi connectivity index (χ3n) is 3.48. The second-order valence-electron chi connectivity index (χ2n) is 4.53. The topological polar surface area (TPSA) is 47.1 Å². The van der Waals surface area contributed by atoms with E-state index in [4.69, 9.17) is 5.73 Å². The molecule has 1 fully saturated rings. The van der Waals surface area contributed by atoms with Crippen LogP contribution >= 0.6 is 0 Å². The first-order valence-corrected chi connectivity index (χ1v) is 6.28. The van der Waals surface area contributed by atoms with E-state index in [0.717, 1.165) is 19.6 Å². The molecule has 2 N–H and O–H groups in total. The molecule has 2 heterocycles. The van der Waals surface area contributed by atoms with Crippen molar-refractivity contribution < 1.29 is 0 Å². The molecule has 0 radical (unpaired) electrons. The largest absolute Gasteiger partial charge is 0.329 e. The molecule has 90 valence electrons. The predicted molar refractivity (Wildman–Crippen MR) is 65.4 cm³/mol. The molecule has 1 aromatic rings. The Balaban J connectivity index is 1.88. The number of nitrogens with two attached hydrogens (primary N) is 1. The van der Waals surface area contributed by atoms with Gasteiger partial charge in [0.2, 0.25) is 0 Å². The molecule has 0 aromatic carbocycles. The quantitative estimate of drug-likeness (QED) is 0.828. The highest BCUT2D eigenvalue weighted by Gasteiger charge is 2.20. The summed E-state index contributed by atoms with van der Waals surface area (Å²) < 4.78 is 2.02. The van der Waals surface area contributed by atoms with E-state index in [1.165, 1.54) is 31.5 Å². The van der Waals surface area contributed by atoms with Gasteiger partial charge in [0.1, 0.15) is 0 Å². The van der Waals surface area contributed by atoms with Crippen molar-refractivity contribution in [3.8, 4) is 0 Å². The van der Waals surface area contributed by atoms with E-state index in [9.17, 15) is 0 Å². The molecule has 0 spiro atoms. The maximum absolute atomic E-state index is 5.57.